The van der Waals surface area contributed by atoms with E-state index in [9.17, 15) is 4.79 Å². The van der Waals surface area contributed by atoms with E-state index in [1.54, 1.807) is 36.4 Å². The van der Waals surface area contributed by atoms with Crippen molar-refractivity contribution in [1.29, 1.82) is 5.26 Å². The molecule has 19 heavy (non-hydrogen) atoms. The van der Waals surface area contributed by atoms with Crippen LogP contribution in [-0.2, 0) is 0 Å². The Morgan fingerprint density at radius 1 is 1.16 bits per heavy atom. The number of carbonyl (C=O) groups excluding carboxylic acids is 1. The third kappa shape index (κ3) is 3.30. The first-order valence-corrected chi connectivity index (χ1v) is 5.70. The molecule has 3 nitrogen and oxygen atoms in total. The number of phenols is 1. The normalized spacial score (nSPS) is 10.3. The van der Waals surface area contributed by atoms with E-state index in [4.69, 9.17) is 10.4 Å². The van der Waals surface area contributed by atoms with Crippen molar-refractivity contribution < 1.29 is 9.90 Å². The Balaban J connectivity index is 2.16. The molecule has 1 N–H and O–H groups in total. The zero-order valence-electron chi connectivity index (χ0n) is 10.1. The van der Waals surface area contributed by atoms with Crippen molar-refractivity contribution in [2.75, 3.05) is 0 Å². The lowest BCUT2D eigenvalue weighted by Crippen LogP contribution is -1.92. The van der Waals surface area contributed by atoms with Crippen molar-refractivity contribution in [3.05, 3.63) is 71.3 Å². The second-order valence-corrected chi connectivity index (χ2v) is 3.98. The van der Waals surface area contributed by atoms with Crippen molar-refractivity contribution in [2.24, 2.45) is 0 Å². The van der Waals surface area contributed by atoms with Gasteiger partial charge in [-0.05, 0) is 48.0 Å². The van der Waals surface area contributed by atoms with Gasteiger partial charge in [0, 0.05) is 5.56 Å². The average Bonchev–Trinajstić information content (AvgIpc) is 2.46. The van der Waals surface area contributed by atoms with E-state index in [1.165, 1.54) is 18.2 Å². The molecule has 0 amide bonds. The summed E-state index contributed by atoms with van der Waals surface area (Å²) in [5.74, 6) is -0.0235. The summed E-state index contributed by atoms with van der Waals surface area (Å²) in [5.41, 5.74) is 1.86. The highest BCUT2D eigenvalue weighted by atomic mass is 16.3. The van der Waals surface area contributed by atoms with Gasteiger partial charge in [0.1, 0.15) is 5.75 Å². The Morgan fingerprint density at radius 3 is 2.58 bits per heavy atom. The molecule has 0 atom stereocenters. The molecule has 92 valence electrons. The largest absolute Gasteiger partial charge is 0.508 e. The second-order valence-electron chi connectivity index (χ2n) is 3.98. The van der Waals surface area contributed by atoms with Gasteiger partial charge in [0.05, 0.1) is 11.6 Å². The molecular weight excluding hydrogens is 238 g/mol. The second kappa shape index (κ2) is 5.65. The van der Waals surface area contributed by atoms with Gasteiger partial charge in [-0.25, -0.2) is 0 Å². The van der Waals surface area contributed by atoms with Crippen molar-refractivity contribution in [2.45, 2.75) is 0 Å². The fourth-order valence-corrected chi connectivity index (χ4v) is 1.61. The molecule has 2 aromatic carbocycles. The average molecular weight is 249 g/mol. The minimum Gasteiger partial charge on any atom is -0.508 e. The Labute approximate surface area is 111 Å². The van der Waals surface area contributed by atoms with Crippen LogP contribution in [0.2, 0.25) is 0 Å². The molecule has 0 spiro atoms. The molecule has 0 fully saturated rings. The molecule has 0 aliphatic heterocycles. The van der Waals surface area contributed by atoms with E-state index in [-0.39, 0.29) is 11.5 Å². The molecule has 2 aromatic rings. The molecular formula is C16H11NO2. The standard InChI is InChI=1S/C16H11NO2/c17-11-13-3-1-2-12(10-13)4-9-16(19)14-5-7-15(18)8-6-14/h1-10,18H. The van der Waals surface area contributed by atoms with Gasteiger partial charge in [-0.1, -0.05) is 18.2 Å². The number of carbonyl (C=O) groups is 1. The molecule has 0 bridgehead atoms. The number of nitrogens with zero attached hydrogens (tertiary/aromatic N) is 1. The molecule has 0 saturated heterocycles. The highest BCUT2D eigenvalue weighted by Gasteiger charge is 2.01. The van der Waals surface area contributed by atoms with E-state index >= 15 is 0 Å². The summed E-state index contributed by atoms with van der Waals surface area (Å²) in [6.45, 7) is 0. The number of aromatic hydroxyl groups is 1. The van der Waals surface area contributed by atoms with Crippen LogP contribution in [0, 0.1) is 11.3 Å². The Bertz CT molecular complexity index is 664. The Kier molecular flexibility index (Phi) is 3.75. The Hall–Kier alpha value is -2.86. The molecule has 3 heteroatoms. The topological polar surface area (TPSA) is 61.1 Å². The van der Waals surface area contributed by atoms with Gasteiger partial charge in [0.25, 0.3) is 0 Å². The van der Waals surface area contributed by atoms with Crippen LogP contribution in [0.4, 0.5) is 0 Å². The minimum absolute atomic E-state index is 0.127. The number of benzene rings is 2. The highest BCUT2D eigenvalue weighted by molar-refractivity contribution is 6.06. The number of ketones is 1. The van der Waals surface area contributed by atoms with Crippen molar-refractivity contribution in [3.63, 3.8) is 0 Å². The first-order chi connectivity index (χ1) is 9.19. The summed E-state index contributed by atoms with van der Waals surface area (Å²) >= 11 is 0. The first-order valence-electron chi connectivity index (χ1n) is 5.70. The molecule has 2 rings (SSSR count). The molecule has 0 radical (unpaired) electrons. The highest BCUT2D eigenvalue weighted by Crippen LogP contribution is 2.12. The zero-order chi connectivity index (χ0) is 13.7. The number of phenolic OH excluding ortho intramolecular Hbond substituents is 1. The number of hydrogen-bond acceptors (Lipinski definition) is 3. The summed E-state index contributed by atoms with van der Waals surface area (Å²) in [6, 6.07) is 15.1. The maximum absolute atomic E-state index is 11.9. The molecule has 0 unspecified atom stereocenters. The van der Waals surface area contributed by atoms with Crippen LogP contribution in [0.1, 0.15) is 21.5 Å². The maximum atomic E-state index is 11.9. The summed E-state index contributed by atoms with van der Waals surface area (Å²) in [4.78, 5) is 11.9. The molecule has 0 saturated carbocycles. The number of hydrogen-bond donors (Lipinski definition) is 1. The van der Waals surface area contributed by atoms with E-state index < -0.39 is 0 Å². The fraction of sp³-hybridized carbons (Fsp3) is 0. The monoisotopic (exact) mass is 249 g/mol. The van der Waals surface area contributed by atoms with Gasteiger partial charge in [-0.15, -0.1) is 0 Å². The predicted octanol–water partition coefficient (Wildman–Crippen LogP) is 3.16. The molecule has 0 heterocycles. The van der Waals surface area contributed by atoms with Gasteiger partial charge in [-0.2, -0.15) is 5.26 Å². The predicted molar refractivity (Wildman–Crippen MR) is 72.6 cm³/mol. The van der Waals surface area contributed by atoms with Crippen LogP contribution in [0.25, 0.3) is 6.08 Å². The van der Waals surface area contributed by atoms with E-state index in [1.807, 2.05) is 12.1 Å². The number of nitriles is 1. The van der Waals surface area contributed by atoms with Crippen LogP contribution >= 0.6 is 0 Å². The van der Waals surface area contributed by atoms with Crippen LogP contribution < -0.4 is 0 Å². The van der Waals surface area contributed by atoms with Crippen molar-refractivity contribution >= 4 is 11.9 Å². The summed E-state index contributed by atoms with van der Waals surface area (Å²) in [5, 5.41) is 17.9. The molecule has 0 aliphatic carbocycles. The summed E-state index contributed by atoms with van der Waals surface area (Å²) < 4.78 is 0. The van der Waals surface area contributed by atoms with Crippen LogP contribution in [-0.4, -0.2) is 10.9 Å². The van der Waals surface area contributed by atoms with E-state index in [0.717, 1.165) is 5.56 Å². The first kappa shape index (κ1) is 12.6. The lowest BCUT2D eigenvalue weighted by Gasteiger charge is -1.97. The quantitative estimate of drug-likeness (QED) is 0.671. The zero-order valence-corrected chi connectivity index (χ0v) is 10.1. The number of allylic oxidation sites excluding steroid dienone is 1. The smallest absolute Gasteiger partial charge is 0.185 e. The summed E-state index contributed by atoms with van der Waals surface area (Å²) in [6.07, 6.45) is 3.11. The Morgan fingerprint density at radius 2 is 1.89 bits per heavy atom. The van der Waals surface area contributed by atoms with Gasteiger partial charge in [-0.3, -0.25) is 4.79 Å². The third-order valence-electron chi connectivity index (χ3n) is 2.59. The molecule has 0 aromatic heterocycles. The molecule has 0 aliphatic rings. The van der Waals surface area contributed by atoms with E-state index in [2.05, 4.69) is 0 Å². The van der Waals surface area contributed by atoms with Gasteiger partial charge >= 0.3 is 0 Å². The maximum Gasteiger partial charge on any atom is 0.185 e. The van der Waals surface area contributed by atoms with Gasteiger partial charge < -0.3 is 5.11 Å². The van der Waals surface area contributed by atoms with Gasteiger partial charge in [0.15, 0.2) is 5.78 Å². The van der Waals surface area contributed by atoms with Crippen molar-refractivity contribution in [1.82, 2.24) is 0 Å². The SMILES string of the molecule is N#Cc1cccc(C=CC(=O)c2ccc(O)cc2)c1. The minimum atomic E-state index is -0.151. The summed E-state index contributed by atoms with van der Waals surface area (Å²) in [7, 11) is 0. The fourth-order valence-electron chi connectivity index (χ4n) is 1.61. The lowest BCUT2D eigenvalue weighted by atomic mass is 10.1. The lowest BCUT2D eigenvalue weighted by molar-refractivity contribution is 0.104. The number of rotatable bonds is 3. The van der Waals surface area contributed by atoms with Crippen LogP contribution in [0.3, 0.4) is 0 Å². The van der Waals surface area contributed by atoms with Gasteiger partial charge in [0.2, 0.25) is 0 Å². The van der Waals surface area contributed by atoms with E-state index in [0.29, 0.717) is 11.1 Å². The van der Waals surface area contributed by atoms with Crippen LogP contribution in [0.5, 0.6) is 5.75 Å². The van der Waals surface area contributed by atoms with Crippen LogP contribution in [0.15, 0.2) is 54.6 Å². The third-order valence-corrected chi connectivity index (χ3v) is 2.59. The van der Waals surface area contributed by atoms with Crippen molar-refractivity contribution in [3.8, 4) is 11.8 Å².